The SMILES string of the molecule is COC(=O)c1c(NC(=O)CN(C)Cc2c(C)nn(C)c2C)sc2c1CCC2. The minimum absolute atomic E-state index is 0.137. The third-order valence-corrected chi connectivity index (χ3v) is 6.27. The number of likely N-dealkylation sites (N-methyl/N-ethyl adjacent to an activating group) is 1. The normalized spacial score (nSPS) is 13.1. The highest BCUT2D eigenvalue weighted by Gasteiger charge is 2.28. The van der Waals surface area contributed by atoms with Crippen molar-refractivity contribution in [2.75, 3.05) is 26.0 Å². The standard InChI is InChI=1S/C19H26N4O3S/c1-11-14(12(2)23(4)21-11)9-22(3)10-16(24)20-18-17(19(25)26-5)13-7-6-8-15(13)27-18/h6-10H2,1-5H3,(H,20,24). The molecule has 0 saturated carbocycles. The van der Waals surface area contributed by atoms with Gasteiger partial charge in [-0.3, -0.25) is 14.4 Å². The minimum atomic E-state index is -0.375. The summed E-state index contributed by atoms with van der Waals surface area (Å²) in [4.78, 5) is 27.9. The van der Waals surface area contributed by atoms with Crippen molar-refractivity contribution in [3.63, 3.8) is 0 Å². The number of thiophene rings is 1. The Morgan fingerprint density at radius 3 is 2.70 bits per heavy atom. The first-order chi connectivity index (χ1) is 12.8. The molecule has 2 aromatic heterocycles. The maximum absolute atomic E-state index is 12.6. The van der Waals surface area contributed by atoms with Crippen LogP contribution < -0.4 is 5.32 Å². The molecule has 1 aliphatic rings. The summed E-state index contributed by atoms with van der Waals surface area (Å²) in [6.07, 6.45) is 2.87. The van der Waals surface area contributed by atoms with Crippen LogP contribution in [0.1, 0.15) is 44.2 Å². The van der Waals surface area contributed by atoms with Crippen molar-refractivity contribution in [2.24, 2.45) is 7.05 Å². The maximum atomic E-state index is 12.6. The van der Waals surface area contributed by atoms with Gasteiger partial charge < -0.3 is 10.1 Å². The number of hydrogen-bond acceptors (Lipinski definition) is 6. The zero-order valence-corrected chi connectivity index (χ0v) is 17.3. The average molecular weight is 391 g/mol. The number of carbonyl (C=O) groups is 2. The summed E-state index contributed by atoms with van der Waals surface area (Å²) in [7, 11) is 5.20. The lowest BCUT2D eigenvalue weighted by atomic mass is 10.1. The van der Waals surface area contributed by atoms with E-state index in [0.29, 0.717) is 17.1 Å². The Kier molecular flexibility index (Phi) is 5.67. The van der Waals surface area contributed by atoms with Gasteiger partial charge >= 0.3 is 5.97 Å². The number of amides is 1. The predicted molar refractivity (Wildman–Crippen MR) is 105 cm³/mol. The second-order valence-corrected chi connectivity index (χ2v) is 8.15. The van der Waals surface area contributed by atoms with Crippen molar-refractivity contribution >= 4 is 28.2 Å². The van der Waals surface area contributed by atoms with Crippen LogP contribution in [0.15, 0.2) is 0 Å². The van der Waals surface area contributed by atoms with E-state index in [0.717, 1.165) is 41.8 Å². The summed E-state index contributed by atoms with van der Waals surface area (Å²) in [5.74, 6) is -0.513. The third kappa shape index (κ3) is 3.91. The highest BCUT2D eigenvalue weighted by Crippen LogP contribution is 2.39. The van der Waals surface area contributed by atoms with E-state index >= 15 is 0 Å². The highest BCUT2D eigenvalue weighted by atomic mass is 32.1. The molecule has 0 saturated heterocycles. The van der Waals surface area contributed by atoms with Crippen LogP contribution in [-0.4, -0.2) is 47.3 Å². The van der Waals surface area contributed by atoms with Gasteiger partial charge in [-0.15, -0.1) is 11.3 Å². The van der Waals surface area contributed by atoms with Gasteiger partial charge in [-0.05, 0) is 45.7 Å². The molecule has 1 amide bonds. The van der Waals surface area contributed by atoms with Crippen LogP contribution in [0, 0.1) is 13.8 Å². The first kappa shape index (κ1) is 19.6. The van der Waals surface area contributed by atoms with Crippen molar-refractivity contribution in [2.45, 2.75) is 39.7 Å². The molecule has 0 aliphatic heterocycles. The summed E-state index contributed by atoms with van der Waals surface area (Å²) in [6.45, 7) is 4.88. The molecule has 2 aromatic rings. The number of ether oxygens (including phenoxy) is 1. The zero-order valence-electron chi connectivity index (χ0n) is 16.5. The molecule has 146 valence electrons. The van der Waals surface area contributed by atoms with Crippen LogP contribution in [-0.2, 0) is 36.0 Å². The summed E-state index contributed by atoms with van der Waals surface area (Å²) in [6, 6.07) is 0. The largest absolute Gasteiger partial charge is 0.465 e. The Morgan fingerprint density at radius 2 is 2.07 bits per heavy atom. The fourth-order valence-corrected chi connectivity index (χ4v) is 4.89. The van der Waals surface area contributed by atoms with E-state index in [2.05, 4.69) is 10.4 Å². The van der Waals surface area contributed by atoms with Crippen LogP contribution in [0.25, 0.3) is 0 Å². The number of anilines is 1. The van der Waals surface area contributed by atoms with Crippen LogP contribution >= 0.6 is 11.3 Å². The fraction of sp³-hybridized carbons (Fsp3) is 0.526. The molecule has 0 bridgehead atoms. The second kappa shape index (κ2) is 7.82. The number of nitrogens with zero attached hydrogens (tertiary/aromatic N) is 3. The molecule has 3 rings (SSSR count). The first-order valence-electron chi connectivity index (χ1n) is 9.02. The Bertz CT molecular complexity index is 884. The van der Waals surface area contributed by atoms with Gasteiger partial charge in [0, 0.05) is 29.7 Å². The quantitative estimate of drug-likeness (QED) is 0.767. The molecule has 2 heterocycles. The van der Waals surface area contributed by atoms with Gasteiger partial charge in [0.15, 0.2) is 0 Å². The Labute approximate surface area is 163 Å². The number of aryl methyl sites for hydroxylation is 3. The maximum Gasteiger partial charge on any atom is 0.341 e. The van der Waals surface area contributed by atoms with Crippen molar-refractivity contribution in [1.82, 2.24) is 14.7 Å². The number of esters is 1. The topological polar surface area (TPSA) is 76.5 Å². The Balaban J connectivity index is 1.68. The number of hydrogen-bond donors (Lipinski definition) is 1. The zero-order chi connectivity index (χ0) is 19.7. The summed E-state index contributed by atoms with van der Waals surface area (Å²) in [5, 5.41) is 7.95. The highest BCUT2D eigenvalue weighted by molar-refractivity contribution is 7.17. The van der Waals surface area contributed by atoms with Crippen LogP contribution in [0.2, 0.25) is 0 Å². The van der Waals surface area contributed by atoms with Crippen LogP contribution in [0.3, 0.4) is 0 Å². The van der Waals surface area contributed by atoms with Crippen LogP contribution in [0.5, 0.6) is 0 Å². The molecule has 0 unspecified atom stereocenters. The molecule has 27 heavy (non-hydrogen) atoms. The number of aromatic nitrogens is 2. The molecule has 0 aromatic carbocycles. The molecule has 0 spiro atoms. The van der Waals surface area contributed by atoms with E-state index in [4.69, 9.17) is 4.74 Å². The first-order valence-corrected chi connectivity index (χ1v) is 9.83. The number of rotatable bonds is 6. The monoisotopic (exact) mass is 390 g/mol. The number of carbonyl (C=O) groups excluding carboxylic acids is 2. The molecule has 0 radical (unpaired) electrons. The molecule has 0 atom stereocenters. The van der Waals surface area contributed by atoms with Gasteiger partial charge in [-0.1, -0.05) is 0 Å². The van der Waals surface area contributed by atoms with Crippen molar-refractivity contribution in [1.29, 1.82) is 0 Å². The van der Waals surface area contributed by atoms with E-state index < -0.39 is 0 Å². The molecule has 1 N–H and O–H groups in total. The average Bonchev–Trinajstić information content (AvgIpc) is 3.24. The van der Waals surface area contributed by atoms with Crippen LogP contribution in [0.4, 0.5) is 5.00 Å². The molecule has 8 heteroatoms. The summed E-state index contributed by atoms with van der Waals surface area (Å²) in [5.41, 5.74) is 4.78. The van der Waals surface area contributed by atoms with Gasteiger partial charge in [0.1, 0.15) is 5.00 Å². The number of nitrogens with one attached hydrogen (secondary N) is 1. The molecular formula is C19H26N4O3S. The van der Waals surface area contributed by atoms with Gasteiger partial charge in [-0.25, -0.2) is 4.79 Å². The molecular weight excluding hydrogens is 364 g/mol. The number of fused-ring (bicyclic) bond motifs is 1. The Hall–Kier alpha value is -2.19. The molecule has 1 aliphatic carbocycles. The molecule has 7 nitrogen and oxygen atoms in total. The van der Waals surface area contributed by atoms with Crippen molar-refractivity contribution < 1.29 is 14.3 Å². The fourth-order valence-electron chi connectivity index (χ4n) is 3.59. The lowest BCUT2D eigenvalue weighted by Gasteiger charge is -2.16. The van der Waals surface area contributed by atoms with Gasteiger partial charge in [0.2, 0.25) is 5.91 Å². The summed E-state index contributed by atoms with van der Waals surface area (Å²) < 4.78 is 6.78. The van der Waals surface area contributed by atoms with Gasteiger partial charge in [-0.2, -0.15) is 5.10 Å². The summed E-state index contributed by atoms with van der Waals surface area (Å²) >= 11 is 1.50. The Morgan fingerprint density at radius 1 is 1.33 bits per heavy atom. The van der Waals surface area contributed by atoms with Crippen molar-refractivity contribution in [3.8, 4) is 0 Å². The predicted octanol–water partition coefficient (Wildman–Crippen LogP) is 2.44. The number of methoxy groups -OCH3 is 1. The molecule has 0 fully saturated rings. The van der Waals surface area contributed by atoms with Gasteiger partial charge in [0.05, 0.1) is 24.9 Å². The van der Waals surface area contributed by atoms with E-state index in [1.54, 1.807) is 0 Å². The lowest BCUT2D eigenvalue weighted by Crippen LogP contribution is -2.30. The van der Waals surface area contributed by atoms with E-state index in [-0.39, 0.29) is 18.4 Å². The van der Waals surface area contributed by atoms with E-state index in [9.17, 15) is 9.59 Å². The third-order valence-electron chi connectivity index (χ3n) is 5.06. The lowest BCUT2D eigenvalue weighted by molar-refractivity contribution is -0.117. The second-order valence-electron chi connectivity index (χ2n) is 7.05. The van der Waals surface area contributed by atoms with Crippen molar-refractivity contribution in [3.05, 3.63) is 33.0 Å². The minimum Gasteiger partial charge on any atom is -0.465 e. The smallest absolute Gasteiger partial charge is 0.341 e. The van der Waals surface area contributed by atoms with E-state index in [1.165, 1.54) is 23.3 Å². The van der Waals surface area contributed by atoms with E-state index in [1.807, 2.05) is 37.5 Å². The van der Waals surface area contributed by atoms with Gasteiger partial charge in [0.25, 0.3) is 0 Å².